The molecule has 5 heteroatoms. The first kappa shape index (κ1) is 6.73. The molecule has 0 aliphatic carbocycles. The maximum atomic E-state index is 10.8. The van der Waals surface area contributed by atoms with E-state index in [1.165, 1.54) is 13.8 Å². The molecule has 1 aromatic heterocycles. The van der Waals surface area contributed by atoms with E-state index in [4.69, 9.17) is 5.21 Å². The van der Waals surface area contributed by atoms with Crippen LogP contribution in [0, 0.1) is 19.1 Å². The van der Waals surface area contributed by atoms with Crippen LogP contribution in [0.5, 0.6) is 5.75 Å². The topological polar surface area (TPSA) is 75.2 Å². The van der Waals surface area contributed by atoms with E-state index < -0.39 is 5.75 Å². The molecule has 0 radical (unpaired) electrons. The van der Waals surface area contributed by atoms with Crippen LogP contribution in [0.25, 0.3) is 0 Å². The summed E-state index contributed by atoms with van der Waals surface area (Å²) < 4.78 is 0. The molecular weight excluding hydrogens is 136 g/mol. The van der Waals surface area contributed by atoms with Crippen molar-refractivity contribution in [2.45, 2.75) is 13.8 Å². The molecule has 5 nitrogen and oxygen atoms in total. The van der Waals surface area contributed by atoms with Crippen molar-refractivity contribution in [2.24, 2.45) is 0 Å². The molecule has 0 saturated carbocycles. The van der Waals surface area contributed by atoms with Crippen LogP contribution in [0.4, 0.5) is 0 Å². The summed E-state index contributed by atoms with van der Waals surface area (Å²) in [6, 6.07) is 0. The second kappa shape index (κ2) is 1.80. The summed E-state index contributed by atoms with van der Waals surface area (Å²) >= 11 is 0. The molecule has 56 valence electrons. The maximum Gasteiger partial charge on any atom is 0.214 e. The quantitative estimate of drug-likeness (QED) is 0.289. The normalized spacial score (nSPS) is 10.2. The predicted molar refractivity (Wildman–Crippen MR) is 29.5 cm³/mol. The minimum Gasteiger partial charge on any atom is -0.867 e. The lowest BCUT2D eigenvalue weighted by Gasteiger charge is -1.96. The molecule has 0 amide bonds. The van der Waals surface area contributed by atoms with Crippen molar-refractivity contribution in [1.82, 2.24) is 4.85 Å². The molecule has 0 bridgehead atoms. The number of rotatable bonds is 0. The van der Waals surface area contributed by atoms with Gasteiger partial charge in [0.25, 0.3) is 0 Å². The Morgan fingerprint density at radius 1 is 1.50 bits per heavy atom. The van der Waals surface area contributed by atoms with Gasteiger partial charge in [-0.3, -0.25) is 0 Å². The average molecular weight is 143 g/mol. The Bertz CT molecular complexity index is 186. The largest absolute Gasteiger partial charge is 0.867 e. The van der Waals surface area contributed by atoms with E-state index in [1.807, 2.05) is 0 Å². The average Bonchev–Trinajstić information content (AvgIpc) is 2.07. The fourth-order valence-corrected chi connectivity index (χ4v) is 0.718. The zero-order chi connectivity index (χ0) is 7.89. The first-order valence-electron chi connectivity index (χ1n) is 2.73. The van der Waals surface area contributed by atoms with Crippen molar-refractivity contribution < 1.29 is 15.2 Å². The monoisotopic (exact) mass is 143 g/mol. The molecule has 0 spiro atoms. The van der Waals surface area contributed by atoms with Gasteiger partial charge in [-0.2, -0.15) is 0 Å². The van der Waals surface area contributed by atoms with E-state index in [0.29, 0.717) is 0 Å². The van der Waals surface area contributed by atoms with E-state index in [1.54, 1.807) is 0 Å². The maximum absolute atomic E-state index is 10.8. The second-order valence-corrected chi connectivity index (χ2v) is 2.06. The van der Waals surface area contributed by atoms with Crippen LogP contribution in [0.3, 0.4) is 0 Å². The van der Waals surface area contributed by atoms with Gasteiger partial charge in [-0.25, -0.2) is 0 Å². The summed E-state index contributed by atoms with van der Waals surface area (Å²) in [7, 11) is 0. The van der Waals surface area contributed by atoms with Gasteiger partial charge in [0.05, 0.1) is 0 Å². The van der Waals surface area contributed by atoms with Crippen molar-refractivity contribution in [3.05, 3.63) is 16.6 Å². The SMILES string of the molecule is Cc1c([O-])c(C)[n+]([O-])n1O. The van der Waals surface area contributed by atoms with E-state index >= 15 is 0 Å². The summed E-state index contributed by atoms with van der Waals surface area (Å²) in [6.45, 7) is 2.73. The minimum absolute atomic E-state index is 0.0139. The van der Waals surface area contributed by atoms with Gasteiger partial charge in [0.2, 0.25) is 5.69 Å². The van der Waals surface area contributed by atoms with Gasteiger partial charge in [0.1, 0.15) is 5.69 Å². The van der Waals surface area contributed by atoms with Gasteiger partial charge in [-0.05, 0) is 17.5 Å². The highest BCUT2D eigenvalue weighted by Gasteiger charge is 2.12. The van der Waals surface area contributed by atoms with Crippen molar-refractivity contribution in [3.63, 3.8) is 0 Å². The molecular formula is C5H7N2O3-. The summed E-state index contributed by atoms with van der Waals surface area (Å²) in [5.41, 5.74) is 0.0208. The third-order valence-electron chi connectivity index (χ3n) is 1.42. The Labute approximate surface area is 57.3 Å². The van der Waals surface area contributed by atoms with Crippen LogP contribution in [0.2, 0.25) is 0 Å². The molecule has 1 aromatic rings. The van der Waals surface area contributed by atoms with Gasteiger partial charge >= 0.3 is 0 Å². The fourth-order valence-electron chi connectivity index (χ4n) is 0.718. The van der Waals surface area contributed by atoms with Crippen molar-refractivity contribution in [1.29, 1.82) is 0 Å². The zero-order valence-electron chi connectivity index (χ0n) is 5.66. The van der Waals surface area contributed by atoms with Crippen molar-refractivity contribution >= 4 is 0 Å². The first-order chi connectivity index (χ1) is 4.55. The van der Waals surface area contributed by atoms with Gasteiger partial charge in [-0.1, -0.05) is 0 Å². The van der Waals surface area contributed by atoms with Gasteiger partial charge < -0.3 is 15.5 Å². The lowest BCUT2D eigenvalue weighted by atomic mass is 10.4. The Hall–Kier alpha value is -1.39. The molecule has 1 heterocycles. The Morgan fingerprint density at radius 2 is 2.00 bits per heavy atom. The van der Waals surface area contributed by atoms with E-state index in [2.05, 4.69) is 0 Å². The number of nitrogens with zero attached hydrogens (tertiary/aromatic N) is 2. The predicted octanol–water partition coefficient (Wildman–Crippen LogP) is -0.951. The molecule has 1 N–H and O–H groups in total. The van der Waals surface area contributed by atoms with Crippen LogP contribution >= 0.6 is 0 Å². The van der Waals surface area contributed by atoms with E-state index in [9.17, 15) is 10.3 Å². The first-order valence-corrected chi connectivity index (χ1v) is 2.73. The summed E-state index contributed by atoms with van der Waals surface area (Å²) in [6.07, 6.45) is 0. The third kappa shape index (κ3) is 0.601. The fraction of sp³-hybridized carbons (Fsp3) is 0.400. The molecule has 0 aromatic carbocycles. The Balaban J connectivity index is 3.44. The lowest BCUT2D eigenvalue weighted by molar-refractivity contribution is -0.731. The third-order valence-corrected chi connectivity index (χ3v) is 1.42. The van der Waals surface area contributed by atoms with Crippen LogP contribution < -0.4 is 9.95 Å². The molecule has 0 unspecified atom stereocenters. The van der Waals surface area contributed by atoms with Crippen LogP contribution in [0.1, 0.15) is 11.4 Å². The van der Waals surface area contributed by atoms with Crippen LogP contribution in [0.15, 0.2) is 0 Å². The van der Waals surface area contributed by atoms with E-state index in [-0.39, 0.29) is 21.1 Å². The standard InChI is InChI=1S/C5H8N2O3/c1-3-5(8)4(2)7(10)6(3)9/h8-9H,1-2H3/p-1. The summed E-state index contributed by atoms with van der Waals surface area (Å²) in [5.74, 6) is -0.419. The minimum atomic E-state index is -0.419. The molecule has 0 aliphatic heterocycles. The van der Waals surface area contributed by atoms with Crippen LogP contribution in [-0.4, -0.2) is 10.1 Å². The molecule has 1 rings (SSSR count). The molecule has 0 fully saturated rings. The molecule has 0 aliphatic rings. The van der Waals surface area contributed by atoms with Crippen molar-refractivity contribution in [3.8, 4) is 5.75 Å². The Kier molecular flexibility index (Phi) is 1.21. The molecule has 0 atom stereocenters. The summed E-state index contributed by atoms with van der Waals surface area (Å²) in [5, 5.41) is 30.2. The lowest BCUT2D eigenvalue weighted by Crippen LogP contribution is -2.38. The van der Waals surface area contributed by atoms with Crippen molar-refractivity contribution in [2.75, 3.05) is 0 Å². The van der Waals surface area contributed by atoms with Gasteiger partial charge in [0, 0.05) is 11.8 Å². The summed E-state index contributed by atoms with van der Waals surface area (Å²) in [4.78, 5) is 0.440. The smallest absolute Gasteiger partial charge is 0.214 e. The highest BCUT2D eigenvalue weighted by Crippen LogP contribution is 2.12. The Morgan fingerprint density at radius 3 is 2.10 bits per heavy atom. The highest BCUT2D eigenvalue weighted by molar-refractivity contribution is 5.24. The van der Waals surface area contributed by atoms with E-state index in [0.717, 1.165) is 0 Å². The highest BCUT2D eigenvalue weighted by atomic mass is 16.6. The molecule has 0 saturated heterocycles. The van der Waals surface area contributed by atoms with Gasteiger partial charge in [0.15, 0.2) is 0 Å². The number of hydrogen-bond acceptors (Lipinski definition) is 3. The van der Waals surface area contributed by atoms with Gasteiger partial charge in [-0.15, -0.1) is 0 Å². The second-order valence-electron chi connectivity index (χ2n) is 2.06. The van der Waals surface area contributed by atoms with Crippen LogP contribution in [-0.2, 0) is 0 Å². The number of hydrogen-bond donors (Lipinski definition) is 1. The zero-order valence-corrected chi connectivity index (χ0v) is 5.66. The molecule has 10 heavy (non-hydrogen) atoms. The number of aromatic nitrogens is 2.